The minimum absolute atomic E-state index is 0.209. The molecular formula is C22H24FN5OS. The van der Waals surface area contributed by atoms with Gasteiger partial charge in [0.2, 0.25) is 0 Å². The number of rotatable bonds is 5. The Balaban J connectivity index is 1.14. The fourth-order valence-corrected chi connectivity index (χ4v) is 5.36. The maximum Gasteiger partial charge on any atom is 0.197 e. The van der Waals surface area contributed by atoms with Crippen LogP contribution in [0.2, 0.25) is 0 Å². The van der Waals surface area contributed by atoms with Crippen molar-refractivity contribution >= 4 is 23.5 Å². The van der Waals surface area contributed by atoms with Crippen LogP contribution in [-0.4, -0.2) is 15.2 Å². The Morgan fingerprint density at radius 1 is 1.27 bits per heavy atom. The quantitative estimate of drug-likeness (QED) is 0.469. The van der Waals surface area contributed by atoms with Gasteiger partial charge in [0.25, 0.3) is 0 Å². The highest BCUT2D eigenvalue weighted by atomic mass is 32.2. The molecular weight excluding hydrogens is 401 g/mol. The molecule has 30 heavy (non-hydrogen) atoms. The minimum atomic E-state index is -0.209. The molecule has 2 aromatic heterocycles. The molecule has 156 valence electrons. The van der Waals surface area contributed by atoms with E-state index in [1.807, 2.05) is 18.3 Å². The van der Waals surface area contributed by atoms with Crippen molar-refractivity contribution in [1.29, 1.82) is 0 Å². The molecule has 3 heterocycles. The third-order valence-electron chi connectivity index (χ3n) is 6.83. The molecule has 1 aromatic carbocycles. The van der Waals surface area contributed by atoms with Gasteiger partial charge >= 0.3 is 0 Å². The van der Waals surface area contributed by atoms with E-state index in [1.165, 1.54) is 24.8 Å². The molecule has 3 aliphatic rings. The lowest BCUT2D eigenvalue weighted by molar-refractivity contribution is 0.395. The van der Waals surface area contributed by atoms with Crippen molar-refractivity contribution in [3.8, 4) is 0 Å². The predicted octanol–water partition coefficient (Wildman–Crippen LogP) is 5.49. The van der Waals surface area contributed by atoms with Crippen molar-refractivity contribution < 1.29 is 8.81 Å². The zero-order valence-electron chi connectivity index (χ0n) is 16.8. The van der Waals surface area contributed by atoms with E-state index >= 15 is 0 Å². The van der Waals surface area contributed by atoms with Gasteiger partial charge in [0.1, 0.15) is 5.76 Å². The van der Waals surface area contributed by atoms with E-state index < -0.39 is 0 Å². The number of H-pyrrole nitrogens is 1. The van der Waals surface area contributed by atoms with Gasteiger partial charge < -0.3 is 9.73 Å². The molecule has 0 radical (unpaired) electrons. The maximum absolute atomic E-state index is 14.7. The van der Waals surface area contributed by atoms with Gasteiger partial charge in [-0.1, -0.05) is 6.92 Å². The Kier molecular flexibility index (Phi) is 4.21. The van der Waals surface area contributed by atoms with E-state index in [-0.39, 0.29) is 11.2 Å². The van der Waals surface area contributed by atoms with Crippen LogP contribution in [-0.2, 0) is 12.0 Å². The minimum Gasteiger partial charge on any atom is -0.445 e. The summed E-state index contributed by atoms with van der Waals surface area (Å²) in [5.41, 5.74) is 2.47. The van der Waals surface area contributed by atoms with Gasteiger partial charge in [-0.3, -0.25) is 9.82 Å². The summed E-state index contributed by atoms with van der Waals surface area (Å²) in [4.78, 5) is 5.53. The molecule has 3 aromatic rings. The van der Waals surface area contributed by atoms with Crippen LogP contribution in [0.4, 0.5) is 15.9 Å². The predicted molar refractivity (Wildman–Crippen MR) is 113 cm³/mol. The number of anilines is 2. The summed E-state index contributed by atoms with van der Waals surface area (Å²) in [6, 6.07) is 5.71. The van der Waals surface area contributed by atoms with Crippen LogP contribution in [0.1, 0.15) is 73.8 Å². The first kappa shape index (κ1) is 18.4. The molecule has 0 bridgehead atoms. The average molecular weight is 426 g/mol. The molecule has 1 aliphatic heterocycles. The normalized spacial score (nSPS) is 24.2. The third-order valence-corrected chi connectivity index (χ3v) is 7.72. The smallest absolute Gasteiger partial charge is 0.197 e. The standard InChI is InChI=1S/C22H24FN5OS/c1-22(6-7-22)18-11-24-21(29-18)13-3-2-12(8-13)16-9-19(28-27-16)26-15-4-5-17-14(20(15)23)10-25-30-17/h4-5,9,11-13,25H,2-3,6-8,10H2,1H3,(H2,26,27,28). The fourth-order valence-electron chi connectivity index (χ4n) is 4.57. The number of aromatic nitrogens is 3. The van der Waals surface area contributed by atoms with E-state index in [2.05, 4.69) is 32.1 Å². The largest absolute Gasteiger partial charge is 0.445 e. The second kappa shape index (κ2) is 6.85. The third kappa shape index (κ3) is 3.13. The second-order valence-corrected chi connectivity index (χ2v) is 9.92. The number of hydrogen-bond acceptors (Lipinski definition) is 6. The van der Waals surface area contributed by atoms with Crippen LogP contribution >= 0.6 is 11.9 Å². The molecule has 2 aliphatic carbocycles. The number of fused-ring (bicyclic) bond motifs is 1. The van der Waals surface area contributed by atoms with Crippen LogP contribution in [0.15, 0.2) is 33.7 Å². The summed E-state index contributed by atoms with van der Waals surface area (Å²) in [6.45, 7) is 2.78. The van der Waals surface area contributed by atoms with Crippen LogP contribution in [0.25, 0.3) is 0 Å². The van der Waals surface area contributed by atoms with Crippen LogP contribution in [0.5, 0.6) is 0 Å². The molecule has 0 amide bonds. The topological polar surface area (TPSA) is 78.8 Å². The second-order valence-electron chi connectivity index (χ2n) is 8.99. The number of benzene rings is 1. The van der Waals surface area contributed by atoms with E-state index in [0.29, 0.717) is 35.4 Å². The lowest BCUT2D eigenvalue weighted by Crippen LogP contribution is -2.00. The van der Waals surface area contributed by atoms with Crippen molar-refractivity contribution in [2.75, 3.05) is 5.32 Å². The summed E-state index contributed by atoms with van der Waals surface area (Å²) in [5, 5.41) is 10.6. The highest BCUT2D eigenvalue weighted by Crippen LogP contribution is 2.49. The molecule has 2 unspecified atom stereocenters. The van der Waals surface area contributed by atoms with Gasteiger partial charge in [-0.2, -0.15) is 5.10 Å². The maximum atomic E-state index is 14.7. The van der Waals surface area contributed by atoms with Gasteiger partial charge in [-0.05, 0) is 56.2 Å². The Hall–Kier alpha value is -2.32. The highest BCUT2D eigenvalue weighted by Gasteiger charge is 2.43. The Morgan fingerprint density at radius 3 is 3.00 bits per heavy atom. The first-order valence-corrected chi connectivity index (χ1v) is 11.4. The number of nitrogens with one attached hydrogen (secondary N) is 3. The summed E-state index contributed by atoms with van der Waals surface area (Å²) in [6.07, 6.45) is 7.43. The number of oxazole rings is 1. The summed E-state index contributed by atoms with van der Waals surface area (Å²) in [7, 11) is 0. The molecule has 0 spiro atoms. The lowest BCUT2D eigenvalue weighted by atomic mass is 10.0. The van der Waals surface area contributed by atoms with Crippen LogP contribution < -0.4 is 10.0 Å². The highest BCUT2D eigenvalue weighted by molar-refractivity contribution is 7.97. The van der Waals surface area contributed by atoms with Crippen molar-refractivity contribution in [1.82, 2.24) is 19.9 Å². The number of nitrogens with zero attached hydrogens (tertiary/aromatic N) is 2. The monoisotopic (exact) mass is 425 g/mol. The first-order valence-electron chi connectivity index (χ1n) is 10.6. The fraction of sp³-hybridized carbons (Fsp3) is 0.455. The summed E-state index contributed by atoms with van der Waals surface area (Å²) in [5.74, 6) is 3.09. The molecule has 0 saturated heterocycles. The Morgan fingerprint density at radius 2 is 2.13 bits per heavy atom. The molecule has 8 heteroatoms. The number of hydrogen-bond donors (Lipinski definition) is 3. The molecule has 6 rings (SSSR count). The van der Waals surface area contributed by atoms with E-state index in [4.69, 9.17) is 4.42 Å². The molecule has 2 atom stereocenters. The van der Waals surface area contributed by atoms with Crippen LogP contribution in [0, 0.1) is 5.82 Å². The van der Waals surface area contributed by atoms with Gasteiger partial charge in [0, 0.05) is 46.0 Å². The zero-order chi connectivity index (χ0) is 20.3. The van der Waals surface area contributed by atoms with Gasteiger partial charge in [-0.15, -0.1) is 0 Å². The Labute approximate surface area is 178 Å². The number of aromatic amines is 1. The molecule has 3 N–H and O–H groups in total. The molecule has 2 fully saturated rings. The SMILES string of the molecule is CC1(c2cnc(C3CCC(c4cc(Nc5ccc6c(c5F)CNS6)n[nH]4)C3)o2)CC1. The van der Waals surface area contributed by atoms with Crippen LogP contribution in [0.3, 0.4) is 0 Å². The van der Waals surface area contributed by atoms with Crippen molar-refractivity contribution in [2.45, 2.75) is 67.7 Å². The molecule has 2 saturated carbocycles. The van der Waals surface area contributed by atoms with Gasteiger partial charge in [0.15, 0.2) is 17.5 Å². The average Bonchev–Trinajstić information content (AvgIpc) is 3.34. The first-order chi connectivity index (χ1) is 14.6. The number of halogens is 1. The molecule has 6 nitrogen and oxygen atoms in total. The van der Waals surface area contributed by atoms with Gasteiger partial charge in [0.05, 0.1) is 11.9 Å². The van der Waals surface area contributed by atoms with Crippen molar-refractivity contribution in [3.05, 3.63) is 53.1 Å². The van der Waals surface area contributed by atoms with Crippen molar-refractivity contribution in [2.24, 2.45) is 0 Å². The van der Waals surface area contributed by atoms with E-state index in [0.717, 1.165) is 41.5 Å². The van der Waals surface area contributed by atoms with E-state index in [9.17, 15) is 4.39 Å². The summed E-state index contributed by atoms with van der Waals surface area (Å²) >= 11 is 1.47. The zero-order valence-corrected chi connectivity index (χ0v) is 17.6. The van der Waals surface area contributed by atoms with Gasteiger partial charge in [-0.25, -0.2) is 9.37 Å². The van der Waals surface area contributed by atoms with Crippen molar-refractivity contribution in [3.63, 3.8) is 0 Å². The summed E-state index contributed by atoms with van der Waals surface area (Å²) < 4.78 is 23.9. The lowest BCUT2D eigenvalue weighted by Gasteiger charge is -2.08. The Bertz CT molecular complexity index is 1100. The van der Waals surface area contributed by atoms with E-state index in [1.54, 1.807) is 6.07 Å².